The first-order valence-corrected chi connectivity index (χ1v) is 13.7. The van der Waals surface area contributed by atoms with Crippen molar-refractivity contribution in [1.29, 1.82) is 0 Å². The molecule has 0 N–H and O–H groups in total. The number of rotatable bonds is 1. The van der Waals surface area contributed by atoms with E-state index in [1.165, 1.54) is 54.9 Å². The molecule has 0 fully saturated rings. The Kier molecular flexibility index (Phi) is 4.29. The number of nitrogens with zero attached hydrogens (tertiary/aromatic N) is 1. The fraction of sp³-hybridized carbons (Fsp3) is 0.0263. The summed E-state index contributed by atoms with van der Waals surface area (Å²) in [6, 6.07) is 46.2. The maximum atomic E-state index is 6.60. The summed E-state index contributed by atoms with van der Waals surface area (Å²) < 4.78 is 6.60. The molecule has 1 aliphatic carbocycles. The van der Waals surface area contributed by atoms with Gasteiger partial charge in [-0.2, -0.15) is 0 Å². The zero-order chi connectivity index (χ0) is 26.3. The van der Waals surface area contributed by atoms with Gasteiger partial charge in [-0.3, -0.25) is 4.98 Å². The van der Waals surface area contributed by atoms with Gasteiger partial charge in [0.05, 0.1) is 11.6 Å². The fourth-order valence-electron chi connectivity index (χ4n) is 7.22. The monoisotopic (exact) mass is 509 g/mol. The summed E-state index contributed by atoms with van der Waals surface area (Å²) in [6.07, 6.45) is 3.76. The molecule has 1 unspecified atom stereocenters. The lowest BCUT2D eigenvalue weighted by Gasteiger charge is -2.39. The first-order chi connectivity index (χ1) is 19.8. The molecule has 0 radical (unpaired) electrons. The van der Waals surface area contributed by atoms with E-state index in [2.05, 4.69) is 132 Å². The third-order valence-corrected chi connectivity index (χ3v) is 8.83. The van der Waals surface area contributed by atoms with Gasteiger partial charge in [0.15, 0.2) is 5.75 Å². The number of hydrogen-bond donors (Lipinski definition) is 0. The Bertz CT molecular complexity index is 2160. The average molecular weight is 510 g/mol. The molecule has 1 atom stereocenters. The molecule has 1 aromatic heterocycles. The van der Waals surface area contributed by atoms with Gasteiger partial charge in [0.25, 0.3) is 0 Å². The smallest absolute Gasteiger partial charge is 0.150 e. The van der Waals surface area contributed by atoms with Gasteiger partial charge in [0, 0.05) is 17.3 Å². The minimum atomic E-state index is -0.525. The van der Waals surface area contributed by atoms with Crippen molar-refractivity contribution in [3.05, 3.63) is 162 Å². The summed E-state index contributed by atoms with van der Waals surface area (Å²) in [5.74, 6) is 1.68. The number of benzene rings is 6. The maximum absolute atomic E-state index is 6.60. The molecular weight excluding hydrogens is 486 g/mol. The number of ether oxygens (including phenoxy) is 1. The normalized spacial score (nSPS) is 16.3. The third kappa shape index (κ3) is 2.70. The molecule has 186 valence electrons. The third-order valence-electron chi connectivity index (χ3n) is 8.83. The highest BCUT2D eigenvalue weighted by Gasteiger charge is 2.51. The van der Waals surface area contributed by atoms with Crippen LogP contribution >= 0.6 is 0 Å². The lowest BCUT2D eigenvalue weighted by molar-refractivity contribution is 0.434. The first-order valence-electron chi connectivity index (χ1n) is 13.7. The van der Waals surface area contributed by atoms with E-state index in [0.717, 1.165) is 22.6 Å². The molecule has 0 amide bonds. The Hall–Kier alpha value is -5.21. The van der Waals surface area contributed by atoms with Gasteiger partial charge in [-0.05, 0) is 73.1 Å². The molecule has 0 bridgehead atoms. The van der Waals surface area contributed by atoms with Crippen LogP contribution in [0.4, 0.5) is 0 Å². The second-order valence-electron chi connectivity index (χ2n) is 10.7. The second kappa shape index (κ2) is 7.91. The van der Waals surface area contributed by atoms with Crippen LogP contribution in [-0.2, 0) is 5.41 Å². The number of pyridine rings is 1. The summed E-state index contributed by atoms with van der Waals surface area (Å²) in [6.45, 7) is 0. The number of aromatic nitrogens is 1. The summed E-state index contributed by atoms with van der Waals surface area (Å²) in [4.78, 5) is 4.46. The van der Waals surface area contributed by atoms with E-state index in [9.17, 15) is 0 Å². The van der Waals surface area contributed by atoms with Crippen LogP contribution in [0.2, 0.25) is 0 Å². The van der Waals surface area contributed by atoms with E-state index < -0.39 is 5.41 Å². The summed E-state index contributed by atoms with van der Waals surface area (Å²) >= 11 is 0. The van der Waals surface area contributed by atoms with Crippen molar-refractivity contribution >= 4 is 21.5 Å². The molecule has 7 aromatic rings. The molecule has 2 aliphatic rings. The molecule has 2 nitrogen and oxygen atoms in total. The second-order valence-corrected chi connectivity index (χ2v) is 10.7. The van der Waals surface area contributed by atoms with Gasteiger partial charge in [0.1, 0.15) is 5.75 Å². The first kappa shape index (κ1) is 21.7. The Morgan fingerprint density at radius 2 is 1.25 bits per heavy atom. The quantitative estimate of drug-likeness (QED) is 0.220. The number of fused-ring (bicyclic) bond motifs is 12. The zero-order valence-electron chi connectivity index (χ0n) is 21.6. The molecule has 1 spiro atoms. The van der Waals surface area contributed by atoms with Crippen LogP contribution < -0.4 is 4.74 Å². The van der Waals surface area contributed by atoms with Crippen molar-refractivity contribution in [1.82, 2.24) is 4.98 Å². The van der Waals surface area contributed by atoms with Crippen LogP contribution in [0, 0.1) is 0 Å². The van der Waals surface area contributed by atoms with Crippen molar-refractivity contribution in [3.8, 4) is 33.8 Å². The molecule has 2 heteroatoms. The molecule has 2 heterocycles. The van der Waals surface area contributed by atoms with Gasteiger partial charge >= 0.3 is 0 Å². The van der Waals surface area contributed by atoms with Crippen molar-refractivity contribution in [3.63, 3.8) is 0 Å². The van der Waals surface area contributed by atoms with E-state index in [-0.39, 0.29) is 0 Å². The molecule has 1 aliphatic heterocycles. The molecule has 0 saturated carbocycles. The molecule has 6 aromatic carbocycles. The van der Waals surface area contributed by atoms with Crippen molar-refractivity contribution < 1.29 is 4.74 Å². The minimum absolute atomic E-state index is 0.525. The summed E-state index contributed by atoms with van der Waals surface area (Å²) in [5.41, 5.74) is 9.34. The molecule has 40 heavy (non-hydrogen) atoms. The highest BCUT2D eigenvalue weighted by molar-refractivity contribution is 6.05. The average Bonchev–Trinajstić information content (AvgIpc) is 3.32. The van der Waals surface area contributed by atoms with Crippen LogP contribution in [0.25, 0.3) is 43.8 Å². The minimum Gasteiger partial charge on any atom is -0.455 e. The van der Waals surface area contributed by atoms with Gasteiger partial charge in [-0.25, -0.2) is 0 Å². The predicted molar refractivity (Wildman–Crippen MR) is 162 cm³/mol. The Labute approximate surface area is 232 Å². The van der Waals surface area contributed by atoms with Crippen LogP contribution in [0.3, 0.4) is 0 Å². The van der Waals surface area contributed by atoms with Crippen molar-refractivity contribution in [2.24, 2.45) is 0 Å². The lowest BCUT2D eigenvalue weighted by Crippen LogP contribution is -2.32. The SMILES string of the molecule is c1ccc2c(c1)-c1c(ccc3ccccc13)C21c2ccncc2Oc2ccc(-c3cccc4ccccc34)cc21. The summed E-state index contributed by atoms with van der Waals surface area (Å²) in [5, 5.41) is 5.01. The van der Waals surface area contributed by atoms with Crippen LogP contribution in [0.15, 0.2) is 140 Å². The van der Waals surface area contributed by atoms with Crippen LogP contribution in [-0.4, -0.2) is 4.98 Å². The van der Waals surface area contributed by atoms with Crippen molar-refractivity contribution in [2.45, 2.75) is 5.41 Å². The molecular formula is C38H23NO. The van der Waals surface area contributed by atoms with E-state index in [1.54, 1.807) is 0 Å². The maximum Gasteiger partial charge on any atom is 0.150 e. The van der Waals surface area contributed by atoms with Gasteiger partial charge in [-0.1, -0.05) is 109 Å². The topological polar surface area (TPSA) is 22.1 Å². The van der Waals surface area contributed by atoms with Crippen molar-refractivity contribution in [2.75, 3.05) is 0 Å². The van der Waals surface area contributed by atoms with E-state index in [4.69, 9.17) is 4.74 Å². The largest absolute Gasteiger partial charge is 0.455 e. The highest BCUT2D eigenvalue weighted by atomic mass is 16.5. The van der Waals surface area contributed by atoms with E-state index in [0.29, 0.717) is 0 Å². The Balaban J connectivity index is 1.44. The predicted octanol–water partition coefficient (Wildman–Crippen LogP) is 9.52. The van der Waals surface area contributed by atoms with Gasteiger partial charge in [0.2, 0.25) is 0 Å². The van der Waals surface area contributed by atoms with E-state index in [1.807, 2.05) is 12.4 Å². The van der Waals surface area contributed by atoms with E-state index >= 15 is 0 Å². The van der Waals surface area contributed by atoms with Crippen LogP contribution in [0.1, 0.15) is 22.3 Å². The number of hydrogen-bond acceptors (Lipinski definition) is 2. The molecule has 0 saturated heterocycles. The van der Waals surface area contributed by atoms with Gasteiger partial charge < -0.3 is 4.74 Å². The molecule has 9 rings (SSSR count). The standard InChI is InChI=1S/C38H23NO/c1-3-11-27-24(8-1)10-7-14-28(27)26-17-19-35-34(22-26)38(32-20-21-39-23-36(32)40-35)31-15-6-5-13-30(31)37-29-12-4-2-9-25(29)16-18-33(37)38/h1-23H. The lowest BCUT2D eigenvalue weighted by atomic mass is 9.66. The Morgan fingerprint density at radius 1 is 0.500 bits per heavy atom. The van der Waals surface area contributed by atoms with Crippen LogP contribution in [0.5, 0.6) is 11.5 Å². The zero-order valence-corrected chi connectivity index (χ0v) is 21.6. The fourth-order valence-corrected chi connectivity index (χ4v) is 7.22. The Morgan fingerprint density at radius 3 is 2.17 bits per heavy atom. The van der Waals surface area contributed by atoms with Gasteiger partial charge in [-0.15, -0.1) is 0 Å². The summed E-state index contributed by atoms with van der Waals surface area (Å²) in [7, 11) is 0. The highest BCUT2D eigenvalue weighted by Crippen LogP contribution is 2.63.